The highest BCUT2D eigenvalue weighted by Gasteiger charge is 2.49. The zero-order valence-corrected chi connectivity index (χ0v) is 18.1. The second-order valence-electron chi connectivity index (χ2n) is 8.56. The first kappa shape index (κ1) is 21.1. The van der Waals surface area contributed by atoms with Crippen LogP contribution in [0.25, 0.3) is 0 Å². The van der Waals surface area contributed by atoms with Crippen molar-refractivity contribution in [1.82, 2.24) is 4.90 Å². The molecule has 1 aromatic rings. The molecule has 0 aliphatic carbocycles. The van der Waals surface area contributed by atoms with Gasteiger partial charge in [-0.05, 0) is 28.6 Å². The average Bonchev–Trinajstić information content (AvgIpc) is 2.95. The predicted octanol–water partition coefficient (Wildman–Crippen LogP) is 4.91. The maximum absolute atomic E-state index is 11.8. The summed E-state index contributed by atoms with van der Waals surface area (Å²) < 4.78 is 6.87. The summed E-state index contributed by atoms with van der Waals surface area (Å²) in [5.41, 5.74) is 2.68. The van der Waals surface area contributed by atoms with Crippen molar-refractivity contribution in [3.63, 3.8) is 0 Å². The van der Waals surface area contributed by atoms with Crippen LogP contribution in [0, 0.1) is 0 Å². The molecule has 1 aromatic carbocycles. The molecule has 1 heterocycles. The van der Waals surface area contributed by atoms with E-state index in [4.69, 9.17) is 4.43 Å². The highest BCUT2D eigenvalue weighted by molar-refractivity contribution is 6.77. The van der Waals surface area contributed by atoms with Crippen molar-refractivity contribution in [2.24, 2.45) is 0 Å². The highest BCUT2D eigenvalue weighted by Crippen LogP contribution is 2.44. The van der Waals surface area contributed by atoms with Gasteiger partial charge in [-0.25, -0.2) is 0 Å². The fourth-order valence-corrected chi connectivity index (χ4v) is 10.5. The molecule has 1 fully saturated rings. The molecule has 0 bridgehead atoms. The second-order valence-corrected chi connectivity index (χ2v) is 14.0. The maximum atomic E-state index is 11.8. The van der Waals surface area contributed by atoms with E-state index in [0.29, 0.717) is 36.1 Å². The molecular weight excluding hydrogens is 342 g/mol. The quantitative estimate of drug-likeness (QED) is 0.654. The SMILES string of the molecule is CC(C)[Si](O[C@H]1C[C@@H](C(=O)O)N(Cc2ccccc2)C1)(C(C)C)C(C)C. The monoisotopic (exact) mass is 377 g/mol. The van der Waals surface area contributed by atoms with Crippen LogP contribution in [0.3, 0.4) is 0 Å². The minimum atomic E-state index is -2.00. The largest absolute Gasteiger partial charge is 0.480 e. The Balaban J connectivity index is 2.19. The summed E-state index contributed by atoms with van der Waals surface area (Å²) in [5, 5.41) is 9.72. The van der Waals surface area contributed by atoms with Gasteiger partial charge in [0.25, 0.3) is 0 Å². The van der Waals surface area contributed by atoms with E-state index in [-0.39, 0.29) is 6.10 Å². The molecule has 4 nitrogen and oxygen atoms in total. The van der Waals surface area contributed by atoms with Crippen molar-refractivity contribution >= 4 is 14.3 Å². The molecule has 1 N–H and O–H groups in total. The first-order valence-electron chi connectivity index (χ1n) is 9.87. The number of carboxylic acid groups (broad SMARTS) is 1. The van der Waals surface area contributed by atoms with E-state index in [9.17, 15) is 9.90 Å². The van der Waals surface area contributed by atoms with Crippen LogP contribution in [0.5, 0.6) is 0 Å². The molecule has 2 rings (SSSR count). The molecular formula is C21H35NO3Si. The lowest BCUT2D eigenvalue weighted by molar-refractivity contribution is -0.142. The summed E-state index contributed by atoms with van der Waals surface area (Å²) in [6, 6.07) is 9.65. The van der Waals surface area contributed by atoms with Crippen LogP contribution in [0.15, 0.2) is 30.3 Å². The van der Waals surface area contributed by atoms with Crippen molar-refractivity contribution in [2.45, 2.75) is 83.3 Å². The normalized spacial score (nSPS) is 21.9. The fraction of sp³-hybridized carbons (Fsp3) is 0.667. The molecule has 0 saturated carbocycles. The number of benzene rings is 1. The van der Waals surface area contributed by atoms with Gasteiger partial charge in [0, 0.05) is 13.1 Å². The molecule has 0 radical (unpaired) electrons. The second kappa shape index (κ2) is 8.68. The minimum absolute atomic E-state index is 0.0127. The van der Waals surface area contributed by atoms with Gasteiger partial charge in [-0.2, -0.15) is 0 Å². The minimum Gasteiger partial charge on any atom is -0.480 e. The summed E-state index contributed by atoms with van der Waals surface area (Å²) in [6.45, 7) is 15.0. The van der Waals surface area contributed by atoms with Crippen LogP contribution in [-0.4, -0.2) is 43.0 Å². The Morgan fingerprint density at radius 1 is 1.12 bits per heavy atom. The summed E-state index contributed by atoms with van der Waals surface area (Å²) in [7, 11) is -2.00. The lowest BCUT2D eigenvalue weighted by Gasteiger charge is -2.44. The lowest BCUT2D eigenvalue weighted by atomic mass is 10.2. The van der Waals surface area contributed by atoms with E-state index >= 15 is 0 Å². The molecule has 0 amide bonds. The van der Waals surface area contributed by atoms with Crippen LogP contribution in [-0.2, 0) is 15.8 Å². The topological polar surface area (TPSA) is 49.8 Å². The smallest absolute Gasteiger partial charge is 0.321 e. The lowest BCUT2D eigenvalue weighted by Crippen LogP contribution is -2.50. The van der Waals surface area contributed by atoms with Crippen molar-refractivity contribution in [3.05, 3.63) is 35.9 Å². The van der Waals surface area contributed by atoms with Gasteiger partial charge in [-0.3, -0.25) is 9.69 Å². The Kier molecular flexibility index (Phi) is 7.05. The van der Waals surface area contributed by atoms with Gasteiger partial charge in [0.15, 0.2) is 0 Å². The number of carbonyl (C=O) groups is 1. The van der Waals surface area contributed by atoms with Crippen molar-refractivity contribution in [2.75, 3.05) is 6.54 Å². The first-order chi connectivity index (χ1) is 12.2. The van der Waals surface area contributed by atoms with E-state index < -0.39 is 20.3 Å². The van der Waals surface area contributed by atoms with E-state index in [1.54, 1.807) is 0 Å². The van der Waals surface area contributed by atoms with Gasteiger partial charge in [0.1, 0.15) is 6.04 Å². The van der Waals surface area contributed by atoms with Gasteiger partial charge in [0.2, 0.25) is 8.32 Å². The summed E-state index contributed by atoms with van der Waals surface area (Å²) >= 11 is 0. The summed E-state index contributed by atoms with van der Waals surface area (Å²) in [5.74, 6) is -0.738. The molecule has 1 aliphatic rings. The molecule has 1 aliphatic heterocycles. The van der Waals surface area contributed by atoms with E-state index in [1.165, 1.54) is 0 Å². The number of aliphatic carboxylic acids is 1. The molecule has 26 heavy (non-hydrogen) atoms. The number of nitrogens with zero attached hydrogens (tertiary/aromatic N) is 1. The zero-order chi connectivity index (χ0) is 19.5. The number of hydrogen-bond donors (Lipinski definition) is 1. The Morgan fingerprint density at radius 2 is 1.65 bits per heavy atom. The molecule has 2 atom stereocenters. The molecule has 1 saturated heterocycles. The number of hydrogen-bond acceptors (Lipinski definition) is 3. The van der Waals surface area contributed by atoms with E-state index in [2.05, 4.69) is 58.6 Å². The Labute approximate surface area is 159 Å². The van der Waals surface area contributed by atoms with Crippen LogP contribution in [0.4, 0.5) is 0 Å². The van der Waals surface area contributed by atoms with Crippen molar-refractivity contribution < 1.29 is 14.3 Å². The molecule has 0 aromatic heterocycles. The summed E-state index contributed by atoms with van der Waals surface area (Å²) in [6.07, 6.45) is 0.599. The van der Waals surface area contributed by atoms with E-state index in [0.717, 1.165) is 5.56 Å². The van der Waals surface area contributed by atoms with Crippen molar-refractivity contribution in [3.8, 4) is 0 Å². The van der Waals surface area contributed by atoms with Gasteiger partial charge in [-0.1, -0.05) is 71.9 Å². The van der Waals surface area contributed by atoms with Gasteiger partial charge in [-0.15, -0.1) is 0 Å². The van der Waals surface area contributed by atoms with Crippen molar-refractivity contribution in [1.29, 1.82) is 0 Å². The predicted molar refractivity (Wildman–Crippen MR) is 109 cm³/mol. The van der Waals surface area contributed by atoms with Gasteiger partial charge in [0.05, 0.1) is 6.10 Å². The molecule has 5 heteroatoms. The molecule has 0 spiro atoms. The number of carboxylic acids is 1. The summed E-state index contributed by atoms with van der Waals surface area (Å²) in [4.78, 5) is 13.9. The molecule has 146 valence electrons. The fourth-order valence-electron chi connectivity index (χ4n) is 4.89. The van der Waals surface area contributed by atoms with Gasteiger partial charge < -0.3 is 9.53 Å². The average molecular weight is 378 g/mol. The van der Waals surface area contributed by atoms with Gasteiger partial charge >= 0.3 is 5.97 Å². The van der Waals surface area contributed by atoms with Crippen LogP contribution >= 0.6 is 0 Å². The Hall–Kier alpha value is -1.17. The Morgan fingerprint density at radius 3 is 2.12 bits per heavy atom. The molecule has 0 unspecified atom stereocenters. The first-order valence-corrected chi connectivity index (χ1v) is 12.0. The highest BCUT2D eigenvalue weighted by atomic mass is 28.4. The van der Waals surface area contributed by atoms with Crippen LogP contribution < -0.4 is 0 Å². The third-order valence-corrected chi connectivity index (χ3v) is 12.1. The maximum Gasteiger partial charge on any atom is 0.321 e. The van der Waals surface area contributed by atoms with E-state index in [1.807, 2.05) is 18.2 Å². The third-order valence-electron chi connectivity index (χ3n) is 5.96. The number of rotatable bonds is 8. The zero-order valence-electron chi connectivity index (χ0n) is 17.1. The van der Waals surface area contributed by atoms with Crippen LogP contribution in [0.1, 0.15) is 53.5 Å². The number of likely N-dealkylation sites (tertiary alicyclic amines) is 1. The Bertz CT molecular complexity index is 566. The third kappa shape index (κ3) is 4.38. The van der Waals surface area contributed by atoms with Crippen LogP contribution in [0.2, 0.25) is 16.6 Å². The standard InChI is InChI=1S/C21H35NO3Si/c1-15(2)26(16(3)4,17(5)6)25-19-12-20(21(23)24)22(14-19)13-18-10-8-7-9-11-18/h7-11,15-17,19-20H,12-14H2,1-6H3,(H,23,24)/t19-,20-/m0/s1.